The lowest BCUT2D eigenvalue weighted by Crippen LogP contribution is -2.43. The fourth-order valence-electron chi connectivity index (χ4n) is 3.28. The summed E-state index contributed by atoms with van der Waals surface area (Å²) < 4.78 is 31.7. The molecule has 0 aromatic heterocycles. The molecule has 2 atom stereocenters. The molecular formula is C20H23F3N4O6. The summed E-state index contributed by atoms with van der Waals surface area (Å²) in [6.45, 7) is 0.858. The molecule has 1 amide bonds. The zero-order valence-corrected chi connectivity index (χ0v) is 17.3. The largest absolute Gasteiger partial charge is 0.490 e. The molecule has 0 aliphatic carbocycles. The second-order valence-electron chi connectivity index (χ2n) is 7.48. The molecule has 0 bridgehead atoms. The average molecular weight is 472 g/mol. The Balaban J connectivity index is 0.000000479. The van der Waals surface area contributed by atoms with E-state index in [1.165, 1.54) is 0 Å². The van der Waals surface area contributed by atoms with Crippen molar-refractivity contribution in [1.29, 1.82) is 5.41 Å². The average Bonchev–Trinajstić information content (AvgIpc) is 3.22. The fraction of sp³-hybridized carbons (Fsp3) is 0.450. The summed E-state index contributed by atoms with van der Waals surface area (Å²) in [6, 6.07) is 7.15. The number of halogens is 3. The van der Waals surface area contributed by atoms with Crippen LogP contribution in [0.3, 0.4) is 0 Å². The third-order valence-corrected chi connectivity index (χ3v) is 5.03. The Morgan fingerprint density at radius 2 is 1.82 bits per heavy atom. The van der Waals surface area contributed by atoms with Crippen molar-refractivity contribution in [2.75, 3.05) is 13.1 Å². The van der Waals surface area contributed by atoms with Crippen LogP contribution in [0.25, 0.3) is 0 Å². The molecule has 180 valence electrons. The number of carboxylic acids is 2. The predicted octanol–water partition coefficient (Wildman–Crippen LogP) is 1.81. The minimum absolute atomic E-state index is 0.00540. The molecule has 1 aromatic carbocycles. The predicted molar refractivity (Wildman–Crippen MR) is 109 cm³/mol. The van der Waals surface area contributed by atoms with Gasteiger partial charge in [0.2, 0.25) is 5.91 Å². The van der Waals surface area contributed by atoms with Crippen LogP contribution in [-0.2, 0) is 19.2 Å². The van der Waals surface area contributed by atoms with Gasteiger partial charge in [0.15, 0.2) is 0 Å². The molecule has 2 aliphatic heterocycles. The van der Waals surface area contributed by atoms with Crippen molar-refractivity contribution >= 4 is 29.4 Å². The number of nitrogen functional groups attached to an aromatic ring is 1. The molecule has 33 heavy (non-hydrogen) atoms. The first-order chi connectivity index (χ1) is 15.4. The number of likely N-dealkylation sites (tertiary alicyclic amines) is 1. The molecule has 0 radical (unpaired) electrons. The normalized spacial score (nSPS) is 20.1. The highest BCUT2D eigenvalue weighted by Crippen LogP contribution is 2.22. The summed E-state index contributed by atoms with van der Waals surface area (Å²) in [5.41, 5.74) is 7.70. The number of nitrogens with one attached hydrogen (secondary N) is 1. The molecule has 5 N–H and O–H groups in total. The number of hydrogen-bond donors (Lipinski definition) is 4. The van der Waals surface area contributed by atoms with E-state index in [1.54, 1.807) is 17.0 Å². The van der Waals surface area contributed by atoms with Crippen molar-refractivity contribution < 1.29 is 42.6 Å². The number of nitrogens with two attached hydrogens (primary N) is 1. The maximum absolute atomic E-state index is 12.4. The number of rotatable bonds is 5. The summed E-state index contributed by atoms with van der Waals surface area (Å²) in [5.74, 6) is -4.18. The Kier molecular flexibility index (Phi) is 8.38. The Hall–Kier alpha value is -3.64. The lowest BCUT2D eigenvalue weighted by atomic mass is 9.97. The summed E-state index contributed by atoms with van der Waals surface area (Å²) in [6.07, 6.45) is -3.40. The van der Waals surface area contributed by atoms with Crippen LogP contribution in [-0.4, -0.2) is 69.9 Å². The van der Waals surface area contributed by atoms with Crippen molar-refractivity contribution in [2.24, 2.45) is 16.8 Å². The Morgan fingerprint density at radius 1 is 1.21 bits per heavy atom. The van der Waals surface area contributed by atoms with Gasteiger partial charge in [-0.2, -0.15) is 13.2 Å². The second kappa shape index (κ2) is 10.8. The topological polar surface area (TPSA) is 166 Å². The van der Waals surface area contributed by atoms with Crippen LogP contribution in [0.2, 0.25) is 0 Å². The van der Waals surface area contributed by atoms with Gasteiger partial charge >= 0.3 is 18.1 Å². The molecule has 1 fully saturated rings. The van der Waals surface area contributed by atoms with Gasteiger partial charge in [-0.15, -0.1) is 0 Å². The van der Waals surface area contributed by atoms with Crippen molar-refractivity contribution in [3.8, 4) is 0 Å². The van der Waals surface area contributed by atoms with Gasteiger partial charge in [-0.25, -0.2) is 4.79 Å². The quantitative estimate of drug-likeness (QED) is 0.374. The highest BCUT2D eigenvalue weighted by atomic mass is 19.4. The van der Waals surface area contributed by atoms with Crippen molar-refractivity contribution in [3.63, 3.8) is 0 Å². The highest BCUT2D eigenvalue weighted by Gasteiger charge is 2.38. The number of alkyl halides is 3. The molecule has 2 unspecified atom stereocenters. The molecule has 1 aromatic rings. The number of amidine groups is 1. The van der Waals surface area contributed by atoms with Gasteiger partial charge in [-0.3, -0.25) is 15.0 Å². The van der Waals surface area contributed by atoms with Crippen LogP contribution in [0.15, 0.2) is 29.4 Å². The van der Waals surface area contributed by atoms with E-state index in [-0.39, 0.29) is 30.8 Å². The van der Waals surface area contributed by atoms with Crippen LogP contribution >= 0.6 is 0 Å². The Labute approximate surface area is 186 Å². The van der Waals surface area contributed by atoms with Gasteiger partial charge in [0.1, 0.15) is 11.9 Å². The van der Waals surface area contributed by atoms with E-state index in [9.17, 15) is 22.8 Å². The molecule has 0 spiro atoms. The molecule has 2 aliphatic rings. The Bertz CT molecular complexity index is 933. The number of carbonyl (C=O) groups excluding carboxylic acids is 1. The zero-order chi connectivity index (χ0) is 24.8. The molecule has 1 saturated heterocycles. The number of aliphatic carboxylic acids is 2. The van der Waals surface area contributed by atoms with Crippen LogP contribution in [0, 0.1) is 11.3 Å². The highest BCUT2D eigenvalue weighted by molar-refractivity contribution is 6.02. The Morgan fingerprint density at radius 3 is 2.33 bits per heavy atom. The van der Waals surface area contributed by atoms with Gasteiger partial charge < -0.3 is 25.7 Å². The van der Waals surface area contributed by atoms with Gasteiger partial charge in [0.25, 0.3) is 0 Å². The van der Waals surface area contributed by atoms with Gasteiger partial charge in [-0.05, 0) is 18.4 Å². The third-order valence-electron chi connectivity index (χ3n) is 5.03. The SMILES string of the molecule is N=C(N)c1ccc(C2=NOC(CC(=O)N3CCCC(C(=O)O)C3)C2)cc1.O=C(O)C(F)(F)F. The number of oxime groups is 1. The van der Waals surface area contributed by atoms with Crippen LogP contribution in [0.1, 0.15) is 36.8 Å². The maximum atomic E-state index is 12.4. The minimum Gasteiger partial charge on any atom is -0.481 e. The molecule has 2 heterocycles. The van der Waals surface area contributed by atoms with Crippen LogP contribution in [0.4, 0.5) is 13.2 Å². The fourth-order valence-corrected chi connectivity index (χ4v) is 3.28. The van der Waals surface area contributed by atoms with E-state index in [0.29, 0.717) is 31.4 Å². The smallest absolute Gasteiger partial charge is 0.481 e. The lowest BCUT2D eigenvalue weighted by Gasteiger charge is -2.31. The summed E-state index contributed by atoms with van der Waals surface area (Å²) >= 11 is 0. The number of piperidine rings is 1. The summed E-state index contributed by atoms with van der Waals surface area (Å²) in [4.78, 5) is 39.5. The standard InChI is InChI=1S/C18H22N4O4.C2HF3O2/c19-17(20)12-5-3-11(4-6-12)15-8-14(26-21-15)9-16(23)22-7-1-2-13(10-22)18(24)25;3-2(4,5)1(6)7/h3-6,13-14H,1-2,7-10H2,(H3,19,20)(H,24,25);(H,6,7). The lowest BCUT2D eigenvalue weighted by molar-refractivity contribution is -0.192. The van der Waals surface area contributed by atoms with Crippen molar-refractivity contribution in [2.45, 2.75) is 38.0 Å². The number of nitrogens with zero attached hydrogens (tertiary/aromatic N) is 2. The number of carboxylic acid groups (broad SMARTS) is 2. The van der Waals surface area contributed by atoms with E-state index in [1.807, 2.05) is 12.1 Å². The monoisotopic (exact) mass is 472 g/mol. The van der Waals surface area contributed by atoms with E-state index < -0.39 is 24.0 Å². The van der Waals surface area contributed by atoms with E-state index in [4.69, 9.17) is 31.0 Å². The first-order valence-corrected chi connectivity index (χ1v) is 9.86. The van der Waals surface area contributed by atoms with E-state index in [0.717, 1.165) is 11.3 Å². The van der Waals surface area contributed by atoms with Crippen molar-refractivity contribution in [1.82, 2.24) is 4.90 Å². The molecule has 10 nitrogen and oxygen atoms in total. The van der Waals surface area contributed by atoms with Gasteiger partial charge in [0, 0.05) is 25.1 Å². The number of hydrogen-bond acceptors (Lipinski definition) is 6. The molecule has 13 heteroatoms. The second-order valence-corrected chi connectivity index (χ2v) is 7.48. The van der Waals surface area contributed by atoms with Crippen LogP contribution in [0.5, 0.6) is 0 Å². The van der Waals surface area contributed by atoms with E-state index >= 15 is 0 Å². The van der Waals surface area contributed by atoms with Gasteiger partial charge in [-0.1, -0.05) is 29.4 Å². The first-order valence-electron chi connectivity index (χ1n) is 9.86. The first kappa shape index (κ1) is 25.6. The number of benzene rings is 1. The van der Waals surface area contributed by atoms with Crippen molar-refractivity contribution in [3.05, 3.63) is 35.4 Å². The van der Waals surface area contributed by atoms with Gasteiger partial charge in [0.05, 0.1) is 18.1 Å². The maximum Gasteiger partial charge on any atom is 0.490 e. The summed E-state index contributed by atoms with van der Waals surface area (Å²) in [7, 11) is 0. The molecule has 3 rings (SSSR count). The number of carbonyl (C=O) groups is 3. The number of amides is 1. The molecule has 0 saturated carbocycles. The zero-order valence-electron chi connectivity index (χ0n) is 17.3. The third kappa shape index (κ3) is 7.47. The minimum atomic E-state index is -5.08. The van der Waals surface area contributed by atoms with E-state index in [2.05, 4.69) is 5.16 Å². The molecular weight excluding hydrogens is 449 g/mol. The summed E-state index contributed by atoms with van der Waals surface area (Å²) in [5, 5.41) is 27.7. The van der Waals surface area contributed by atoms with Crippen LogP contribution < -0.4 is 5.73 Å².